The van der Waals surface area contributed by atoms with Gasteiger partial charge in [-0.1, -0.05) is 0 Å². The number of fused-ring (bicyclic) bond motifs is 1. The second kappa shape index (κ2) is 6.20. The summed E-state index contributed by atoms with van der Waals surface area (Å²) in [6, 6.07) is 1.88. The topological polar surface area (TPSA) is 67.7 Å². The number of rotatable bonds is 4. The maximum Gasteiger partial charge on any atom is 0.228 e. The van der Waals surface area contributed by atoms with Crippen LogP contribution < -0.4 is 0 Å². The Morgan fingerprint density at radius 2 is 2.08 bits per heavy atom. The second-order valence-electron chi connectivity index (χ2n) is 7.19. The van der Waals surface area contributed by atoms with Crippen LogP contribution in [0.25, 0.3) is 0 Å². The first kappa shape index (κ1) is 15.6. The summed E-state index contributed by atoms with van der Waals surface area (Å²) >= 11 is 0. The van der Waals surface area contributed by atoms with E-state index < -0.39 is 0 Å². The third-order valence-electron chi connectivity index (χ3n) is 5.38. The summed E-state index contributed by atoms with van der Waals surface area (Å²) < 4.78 is 7.76. The van der Waals surface area contributed by atoms with E-state index >= 15 is 0 Å². The monoisotopic (exact) mass is 332 g/mol. The number of aromatic nitrogens is 2. The highest BCUT2D eigenvalue weighted by atomic mass is 16.5. The number of aryl methyl sites for hydroxylation is 1. The second-order valence-corrected chi connectivity index (χ2v) is 7.19. The Balaban J connectivity index is 1.26. The molecule has 3 aliphatic heterocycles. The highest BCUT2D eigenvalue weighted by Gasteiger charge is 2.44. The Morgan fingerprint density at radius 1 is 1.25 bits per heavy atom. The number of carbonyl (C=O) groups is 2. The molecule has 2 amide bonds. The van der Waals surface area contributed by atoms with Crippen molar-refractivity contribution in [3.05, 3.63) is 18.0 Å². The predicted octanol–water partition coefficient (Wildman–Crippen LogP) is 0.201. The molecule has 0 N–H and O–H groups in total. The molecule has 3 saturated heterocycles. The molecule has 130 valence electrons. The van der Waals surface area contributed by atoms with Crippen LogP contribution in [0.4, 0.5) is 0 Å². The number of likely N-dealkylation sites (tertiary alicyclic amines) is 2. The minimum Gasteiger partial charge on any atom is -0.372 e. The zero-order valence-electron chi connectivity index (χ0n) is 14.1. The minimum atomic E-state index is 0.0288. The summed E-state index contributed by atoms with van der Waals surface area (Å²) in [7, 11) is 1.85. The van der Waals surface area contributed by atoms with Gasteiger partial charge in [0.1, 0.15) is 0 Å². The van der Waals surface area contributed by atoms with E-state index in [4.69, 9.17) is 4.74 Å². The lowest BCUT2D eigenvalue weighted by atomic mass is 10.0. The van der Waals surface area contributed by atoms with Crippen LogP contribution in [-0.2, 0) is 27.8 Å². The molecule has 7 heteroatoms. The normalized spacial score (nSPS) is 28.8. The molecule has 0 saturated carbocycles. The van der Waals surface area contributed by atoms with E-state index in [2.05, 4.69) is 5.10 Å². The maximum absolute atomic E-state index is 12.4. The van der Waals surface area contributed by atoms with Gasteiger partial charge in [-0.2, -0.15) is 5.10 Å². The van der Waals surface area contributed by atoms with E-state index in [-0.39, 0.29) is 24.0 Å². The van der Waals surface area contributed by atoms with E-state index in [1.807, 2.05) is 29.1 Å². The largest absolute Gasteiger partial charge is 0.372 e. The van der Waals surface area contributed by atoms with Crippen LogP contribution in [0.5, 0.6) is 0 Å². The van der Waals surface area contributed by atoms with E-state index in [1.165, 1.54) is 0 Å². The summed E-state index contributed by atoms with van der Waals surface area (Å²) in [5.41, 5.74) is 0.804. The Labute approximate surface area is 141 Å². The molecular formula is C17H24N4O3. The summed E-state index contributed by atoms with van der Waals surface area (Å²) in [4.78, 5) is 28.3. The first-order valence-corrected chi connectivity index (χ1v) is 8.78. The molecule has 24 heavy (non-hydrogen) atoms. The van der Waals surface area contributed by atoms with Gasteiger partial charge in [0, 0.05) is 45.3 Å². The first-order chi connectivity index (χ1) is 11.6. The van der Waals surface area contributed by atoms with E-state index in [0.717, 1.165) is 38.2 Å². The zero-order valence-corrected chi connectivity index (χ0v) is 14.1. The third kappa shape index (κ3) is 3.05. The standard InChI is InChI=1S/C17H24N4O3/c1-19-6-3-13(18-19)8-16(22)21-10-12-7-14(24-15(12)11-21)9-17(23)20-4-2-5-20/h3,6,12,14-15H,2,4-5,7-11H2,1H3/t12-,14-,15+/m0/s1. The average Bonchev–Trinajstić information content (AvgIpc) is 3.11. The van der Waals surface area contributed by atoms with Crippen LogP contribution in [0.15, 0.2) is 12.3 Å². The van der Waals surface area contributed by atoms with Gasteiger partial charge < -0.3 is 14.5 Å². The number of ether oxygens (including phenoxy) is 1. The number of amides is 2. The van der Waals surface area contributed by atoms with Gasteiger partial charge in [0.2, 0.25) is 11.8 Å². The Hall–Kier alpha value is -1.89. The molecule has 0 unspecified atom stereocenters. The number of nitrogens with zero attached hydrogens (tertiary/aromatic N) is 4. The van der Waals surface area contributed by atoms with Gasteiger partial charge in [-0.25, -0.2) is 0 Å². The number of carbonyl (C=O) groups excluding carboxylic acids is 2. The lowest BCUT2D eigenvalue weighted by Gasteiger charge is -2.31. The van der Waals surface area contributed by atoms with Crippen molar-refractivity contribution < 1.29 is 14.3 Å². The lowest BCUT2D eigenvalue weighted by Crippen LogP contribution is -2.43. The van der Waals surface area contributed by atoms with Crippen LogP contribution in [0.2, 0.25) is 0 Å². The van der Waals surface area contributed by atoms with Crippen LogP contribution in [0.1, 0.15) is 25.0 Å². The van der Waals surface area contributed by atoms with Crippen molar-refractivity contribution >= 4 is 11.8 Å². The van der Waals surface area contributed by atoms with Crippen molar-refractivity contribution in [1.29, 1.82) is 0 Å². The molecule has 3 aliphatic rings. The van der Waals surface area contributed by atoms with Crippen LogP contribution in [-0.4, -0.2) is 69.8 Å². The van der Waals surface area contributed by atoms with Crippen molar-refractivity contribution in [3.8, 4) is 0 Å². The van der Waals surface area contributed by atoms with Gasteiger partial charge in [0.05, 0.1) is 30.7 Å². The molecule has 7 nitrogen and oxygen atoms in total. The van der Waals surface area contributed by atoms with Gasteiger partial charge in [-0.3, -0.25) is 14.3 Å². The lowest BCUT2D eigenvalue weighted by molar-refractivity contribution is -0.138. The molecule has 1 aromatic heterocycles. The van der Waals surface area contributed by atoms with E-state index in [1.54, 1.807) is 4.68 Å². The van der Waals surface area contributed by atoms with Crippen LogP contribution >= 0.6 is 0 Å². The Bertz CT molecular complexity index is 626. The first-order valence-electron chi connectivity index (χ1n) is 8.78. The van der Waals surface area contributed by atoms with Gasteiger partial charge in [-0.05, 0) is 18.9 Å². The summed E-state index contributed by atoms with van der Waals surface area (Å²) in [6.45, 7) is 3.18. The maximum atomic E-state index is 12.4. The SMILES string of the molecule is Cn1ccc(CC(=O)N2C[C@@H]3C[C@@H](CC(=O)N4CCC4)O[C@@H]3C2)n1. The molecule has 1 aromatic rings. The smallest absolute Gasteiger partial charge is 0.228 e. The van der Waals surface area contributed by atoms with Crippen molar-refractivity contribution in [1.82, 2.24) is 19.6 Å². The van der Waals surface area contributed by atoms with Gasteiger partial charge in [0.15, 0.2) is 0 Å². The Kier molecular flexibility index (Phi) is 4.04. The fraction of sp³-hybridized carbons (Fsp3) is 0.706. The fourth-order valence-corrected chi connectivity index (χ4v) is 3.91. The van der Waals surface area contributed by atoms with Crippen molar-refractivity contribution in [2.24, 2.45) is 13.0 Å². The highest BCUT2D eigenvalue weighted by Crippen LogP contribution is 2.34. The third-order valence-corrected chi connectivity index (χ3v) is 5.38. The number of hydrogen-bond donors (Lipinski definition) is 0. The molecule has 3 atom stereocenters. The molecule has 3 fully saturated rings. The molecule has 4 heterocycles. The molecule has 0 radical (unpaired) electrons. The highest BCUT2D eigenvalue weighted by molar-refractivity contribution is 5.79. The van der Waals surface area contributed by atoms with Gasteiger partial charge >= 0.3 is 0 Å². The average molecular weight is 332 g/mol. The minimum absolute atomic E-state index is 0.0288. The summed E-state index contributed by atoms with van der Waals surface area (Å²) in [6.07, 6.45) is 4.82. The predicted molar refractivity (Wildman–Crippen MR) is 86.1 cm³/mol. The fourth-order valence-electron chi connectivity index (χ4n) is 3.91. The van der Waals surface area contributed by atoms with Crippen LogP contribution in [0, 0.1) is 5.92 Å². The molecule has 0 aliphatic carbocycles. The molecular weight excluding hydrogens is 308 g/mol. The van der Waals surface area contributed by atoms with E-state index in [9.17, 15) is 9.59 Å². The quantitative estimate of drug-likeness (QED) is 0.790. The summed E-state index contributed by atoms with van der Waals surface area (Å²) in [5.74, 6) is 0.695. The number of hydrogen-bond acceptors (Lipinski definition) is 4. The summed E-state index contributed by atoms with van der Waals surface area (Å²) in [5, 5.41) is 4.26. The molecule has 4 rings (SSSR count). The van der Waals surface area contributed by atoms with Crippen molar-refractivity contribution in [2.75, 3.05) is 26.2 Å². The van der Waals surface area contributed by atoms with Crippen LogP contribution in [0.3, 0.4) is 0 Å². The van der Waals surface area contributed by atoms with Crippen molar-refractivity contribution in [3.63, 3.8) is 0 Å². The zero-order chi connectivity index (χ0) is 16.7. The van der Waals surface area contributed by atoms with E-state index in [0.29, 0.717) is 25.3 Å². The molecule has 0 aromatic carbocycles. The molecule has 0 bridgehead atoms. The van der Waals surface area contributed by atoms with Gasteiger partial charge in [-0.15, -0.1) is 0 Å². The molecule has 0 spiro atoms. The van der Waals surface area contributed by atoms with Gasteiger partial charge in [0.25, 0.3) is 0 Å². The van der Waals surface area contributed by atoms with Crippen molar-refractivity contribution in [2.45, 2.75) is 37.9 Å². The Morgan fingerprint density at radius 3 is 2.71 bits per heavy atom.